The number of carbonyl (C=O) groups is 1. The molecule has 0 aliphatic carbocycles. The van der Waals surface area contributed by atoms with Crippen LogP contribution < -0.4 is 16.6 Å². The summed E-state index contributed by atoms with van der Waals surface area (Å²) in [4.78, 5) is 29.2. The number of Topliss-reactive ketones (excluding diaryl/α,β-unsaturated/α-hetero) is 1. The monoisotopic (exact) mass is 288 g/mol. The van der Waals surface area contributed by atoms with Crippen molar-refractivity contribution >= 4 is 28.8 Å². The molecule has 0 bridgehead atoms. The fourth-order valence-corrected chi connectivity index (χ4v) is 1.67. The first-order chi connectivity index (χ1) is 10.0. The summed E-state index contributed by atoms with van der Waals surface area (Å²) in [7, 11) is 0. The summed E-state index contributed by atoms with van der Waals surface area (Å²) >= 11 is 0. The summed E-state index contributed by atoms with van der Waals surface area (Å²) in [5, 5.41) is 13.9. The van der Waals surface area contributed by atoms with Gasteiger partial charge >= 0.3 is 5.69 Å². The highest BCUT2D eigenvalue weighted by Gasteiger charge is 2.22. The highest BCUT2D eigenvalue weighted by molar-refractivity contribution is 5.94. The van der Waals surface area contributed by atoms with E-state index >= 15 is 0 Å². The fraction of sp³-hybridized carbons (Fsp3) is 0.0833. The zero-order valence-electron chi connectivity index (χ0n) is 11.0. The van der Waals surface area contributed by atoms with E-state index in [0.717, 1.165) is 6.33 Å². The molecular weight excluding hydrogens is 276 g/mol. The number of anilines is 3. The van der Waals surface area contributed by atoms with Crippen LogP contribution in [-0.2, 0) is 0 Å². The zero-order valence-corrected chi connectivity index (χ0v) is 11.0. The van der Waals surface area contributed by atoms with Crippen molar-refractivity contribution in [3.8, 4) is 0 Å². The summed E-state index contributed by atoms with van der Waals surface area (Å²) in [6, 6.07) is 6.47. The SMILES string of the molecule is CC(=O)c1ccc(Nc2ncnc(NN)c2[N+](=O)[O-])cc1. The van der Waals surface area contributed by atoms with E-state index in [0.29, 0.717) is 11.3 Å². The summed E-state index contributed by atoms with van der Waals surface area (Å²) in [5.41, 5.74) is 2.87. The first-order valence-electron chi connectivity index (χ1n) is 5.87. The average Bonchev–Trinajstić information content (AvgIpc) is 2.47. The topological polar surface area (TPSA) is 136 Å². The standard InChI is InChI=1S/C12H12N6O3/c1-7(19)8-2-4-9(5-3-8)16-11-10(18(20)21)12(17-13)15-6-14-11/h2-6H,13H2,1H3,(H2,14,15,16,17). The summed E-state index contributed by atoms with van der Waals surface area (Å²) in [5.74, 6) is 5.03. The van der Waals surface area contributed by atoms with Gasteiger partial charge in [-0.3, -0.25) is 14.9 Å². The van der Waals surface area contributed by atoms with Gasteiger partial charge in [0.1, 0.15) is 6.33 Å². The molecular formula is C12H12N6O3. The molecule has 0 saturated carbocycles. The van der Waals surface area contributed by atoms with Crippen LogP contribution >= 0.6 is 0 Å². The lowest BCUT2D eigenvalue weighted by atomic mass is 10.1. The van der Waals surface area contributed by atoms with E-state index in [1.807, 2.05) is 0 Å². The number of nitrogens with two attached hydrogens (primary N) is 1. The number of nitrogens with one attached hydrogen (secondary N) is 2. The number of hydrogen-bond donors (Lipinski definition) is 3. The van der Waals surface area contributed by atoms with Gasteiger partial charge in [0.15, 0.2) is 5.78 Å². The number of nitro groups is 1. The van der Waals surface area contributed by atoms with Crippen LogP contribution in [0.4, 0.5) is 23.0 Å². The van der Waals surface area contributed by atoms with Crippen molar-refractivity contribution in [2.24, 2.45) is 5.84 Å². The molecule has 108 valence electrons. The summed E-state index contributed by atoms with van der Waals surface area (Å²) in [6.07, 6.45) is 1.15. The number of aromatic nitrogens is 2. The van der Waals surface area contributed by atoms with Crippen molar-refractivity contribution < 1.29 is 9.72 Å². The van der Waals surface area contributed by atoms with Gasteiger partial charge in [0.2, 0.25) is 11.6 Å². The third-order valence-corrected chi connectivity index (χ3v) is 2.70. The van der Waals surface area contributed by atoms with E-state index in [-0.39, 0.29) is 23.1 Å². The van der Waals surface area contributed by atoms with Crippen LogP contribution in [0.1, 0.15) is 17.3 Å². The second kappa shape index (κ2) is 5.92. The molecule has 0 aliphatic heterocycles. The molecule has 0 aliphatic rings. The second-order valence-corrected chi connectivity index (χ2v) is 4.08. The van der Waals surface area contributed by atoms with Crippen LogP contribution in [0.3, 0.4) is 0 Å². The Labute approximate surface area is 119 Å². The van der Waals surface area contributed by atoms with Crippen LogP contribution in [0.2, 0.25) is 0 Å². The Kier molecular flexibility index (Phi) is 4.05. The lowest BCUT2D eigenvalue weighted by molar-refractivity contribution is -0.383. The van der Waals surface area contributed by atoms with Gasteiger partial charge in [0, 0.05) is 11.3 Å². The van der Waals surface area contributed by atoms with Crippen molar-refractivity contribution in [2.75, 3.05) is 10.7 Å². The molecule has 1 heterocycles. The zero-order chi connectivity index (χ0) is 15.4. The molecule has 1 aromatic carbocycles. The molecule has 4 N–H and O–H groups in total. The van der Waals surface area contributed by atoms with Gasteiger partial charge in [-0.1, -0.05) is 0 Å². The molecule has 9 heteroatoms. The minimum Gasteiger partial charge on any atom is -0.334 e. The van der Waals surface area contributed by atoms with E-state index in [2.05, 4.69) is 20.7 Å². The van der Waals surface area contributed by atoms with Gasteiger partial charge < -0.3 is 10.7 Å². The van der Waals surface area contributed by atoms with E-state index in [4.69, 9.17) is 5.84 Å². The molecule has 0 amide bonds. The lowest BCUT2D eigenvalue weighted by Crippen LogP contribution is -2.12. The Morgan fingerprint density at radius 3 is 2.38 bits per heavy atom. The number of hydrogen-bond acceptors (Lipinski definition) is 8. The van der Waals surface area contributed by atoms with Gasteiger partial charge in [-0.05, 0) is 31.2 Å². The van der Waals surface area contributed by atoms with Crippen LogP contribution in [0.15, 0.2) is 30.6 Å². The van der Waals surface area contributed by atoms with Crippen LogP contribution in [0.5, 0.6) is 0 Å². The van der Waals surface area contributed by atoms with Gasteiger partial charge in [-0.25, -0.2) is 15.8 Å². The Morgan fingerprint density at radius 1 is 1.24 bits per heavy atom. The molecule has 0 unspecified atom stereocenters. The van der Waals surface area contributed by atoms with Gasteiger partial charge in [-0.15, -0.1) is 0 Å². The Balaban J connectivity index is 2.35. The quantitative estimate of drug-likeness (QED) is 0.327. The third-order valence-electron chi connectivity index (χ3n) is 2.70. The van der Waals surface area contributed by atoms with Crippen molar-refractivity contribution in [3.05, 3.63) is 46.3 Å². The predicted octanol–water partition coefficient (Wildman–Crippen LogP) is 1.62. The molecule has 9 nitrogen and oxygen atoms in total. The minimum atomic E-state index is -0.637. The molecule has 0 saturated heterocycles. The minimum absolute atomic E-state index is 0.00137. The maximum atomic E-state index is 11.2. The number of ketones is 1. The maximum Gasteiger partial charge on any atom is 0.354 e. The lowest BCUT2D eigenvalue weighted by Gasteiger charge is -2.08. The van der Waals surface area contributed by atoms with Crippen LogP contribution in [0.25, 0.3) is 0 Å². The Morgan fingerprint density at radius 2 is 1.86 bits per heavy atom. The molecule has 21 heavy (non-hydrogen) atoms. The van der Waals surface area contributed by atoms with Gasteiger partial charge in [0.25, 0.3) is 0 Å². The fourth-order valence-electron chi connectivity index (χ4n) is 1.67. The first-order valence-corrected chi connectivity index (χ1v) is 5.87. The first kappa shape index (κ1) is 14.3. The van der Waals surface area contributed by atoms with E-state index in [9.17, 15) is 14.9 Å². The van der Waals surface area contributed by atoms with Gasteiger partial charge in [0.05, 0.1) is 4.92 Å². The second-order valence-electron chi connectivity index (χ2n) is 4.08. The number of hydrazine groups is 1. The highest BCUT2D eigenvalue weighted by atomic mass is 16.6. The van der Waals surface area contributed by atoms with Gasteiger partial charge in [-0.2, -0.15) is 0 Å². The number of benzene rings is 1. The average molecular weight is 288 g/mol. The molecule has 0 radical (unpaired) electrons. The number of carbonyl (C=O) groups excluding carboxylic acids is 1. The molecule has 2 aromatic rings. The molecule has 0 fully saturated rings. The molecule has 0 atom stereocenters. The maximum absolute atomic E-state index is 11.2. The van der Waals surface area contributed by atoms with E-state index in [1.165, 1.54) is 6.92 Å². The largest absolute Gasteiger partial charge is 0.354 e. The Hall–Kier alpha value is -3.07. The van der Waals surface area contributed by atoms with E-state index < -0.39 is 4.92 Å². The third kappa shape index (κ3) is 3.09. The number of rotatable bonds is 5. The smallest absolute Gasteiger partial charge is 0.334 e. The van der Waals surface area contributed by atoms with Crippen molar-refractivity contribution in [1.82, 2.24) is 9.97 Å². The molecule has 0 spiro atoms. The Bertz CT molecular complexity index is 686. The van der Waals surface area contributed by atoms with Crippen molar-refractivity contribution in [2.45, 2.75) is 6.92 Å². The molecule has 1 aromatic heterocycles. The highest BCUT2D eigenvalue weighted by Crippen LogP contribution is 2.30. The molecule has 2 rings (SSSR count). The number of nitrogens with zero attached hydrogens (tertiary/aromatic N) is 3. The van der Waals surface area contributed by atoms with Crippen molar-refractivity contribution in [3.63, 3.8) is 0 Å². The van der Waals surface area contributed by atoms with Crippen LogP contribution in [-0.4, -0.2) is 20.7 Å². The summed E-state index contributed by atoms with van der Waals surface area (Å²) < 4.78 is 0. The van der Waals surface area contributed by atoms with Crippen molar-refractivity contribution in [1.29, 1.82) is 0 Å². The summed E-state index contributed by atoms with van der Waals surface area (Å²) in [6.45, 7) is 1.46. The normalized spacial score (nSPS) is 10.0. The number of nitrogen functional groups attached to an aromatic ring is 1. The van der Waals surface area contributed by atoms with Crippen LogP contribution in [0, 0.1) is 10.1 Å². The predicted molar refractivity (Wildman–Crippen MR) is 76.2 cm³/mol. The van der Waals surface area contributed by atoms with E-state index in [1.54, 1.807) is 24.3 Å².